The fraction of sp³-hybridized carbons (Fsp3) is 0.588. The number of hydrogen-bond donors (Lipinski definition) is 1. The maximum Gasteiger partial charge on any atom is 0.376 e. The molecule has 3 unspecified atom stereocenters. The van der Waals surface area contributed by atoms with E-state index in [-0.39, 0.29) is 48.5 Å². The van der Waals surface area contributed by atoms with Gasteiger partial charge in [-0.1, -0.05) is 53.1 Å². The number of alkyl halides is 2. The first-order valence-electron chi connectivity index (χ1n) is 22.7. The first kappa shape index (κ1) is 44.8. The van der Waals surface area contributed by atoms with Gasteiger partial charge in [-0.15, -0.1) is 0 Å². The van der Waals surface area contributed by atoms with Crippen LogP contribution in [0.2, 0.25) is 0 Å². The Labute approximate surface area is 368 Å². The molecule has 8 bridgehead atoms. The van der Waals surface area contributed by atoms with Crippen molar-refractivity contribution in [2.75, 3.05) is 19.8 Å². The predicted octanol–water partition coefficient (Wildman–Crippen LogP) is 9.77. The molecule has 0 aliphatic heterocycles. The summed E-state index contributed by atoms with van der Waals surface area (Å²) in [6, 6.07) is 26.8. The Bertz CT molecular complexity index is 1910. The van der Waals surface area contributed by atoms with E-state index in [0.29, 0.717) is 38.0 Å². The highest BCUT2D eigenvalue weighted by molar-refractivity contribution is 7.97. The Morgan fingerprint density at radius 3 is 1.63 bits per heavy atom. The van der Waals surface area contributed by atoms with Crippen molar-refractivity contribution in [3.05, 3.63) is 89.5 Å². The first-order chi connectivity index (χ1) is 29.5. The third-order valence-corrected chi connectivity index (χ3v) is 17.3. The quantitative estimate of drug-likeness (QED) is 0.103. The second kappa shape index (κ2) is 18.0. The number of rotatable bonds is 13. The Morgan fingerprint density at radius 2 is 1.18 bits per heavy atom. The van der Waals surface area contributed by atoms with E-state index in [1.807, 2.05) is 0 Å². The summed E-state index contributed by atoms with van der Waals surface area (Å²) >= 11 is 0. The molecule has 0 saturated heterocycles. The van der Waals surface area contributed by atoms with Crippen molar-refractivity contribution in [3.8, 4) is 0 Å². The van der Waals surface area contributed by atoms with E-state index in [2.05, 4.69) is 100 Å². The average molecular weight is 874 g/mol. The highest BCUT2D eigenvalue weighted by Crippen LogP contribution is 2.62. The van der Waals surface area contributed by atoms with Crippen LogP contribution in [-0.4, -0.2) is 66.6 Å². The third kappa shape index (κ3) is 9.65. The van der Waals surface area contributed by atoms with Crippen LogP contribution in [0, 0.1) is 67.6 Å². The SMILES string of the molecule is CC(F)(F)C(=O)OC1C2CC3CC1CC(C(=O)OCC(O)COCC(=O)OC1(C)C4CC5CC(C4)CC1C5)(C3)C2.Cc1ccc([S+](c2ccc(C)cc2)c2ccc(C)cc2)cc1. The molecule has 8 aliphatic rings. The van der Waals surface area contributed by atoms with E-state index in [9.17, 15) is 28.3 Å². The molecule has 3 aromatic rings. The van der Waals surface area contributed by atoms with Crippen molar-refractivity contribution in [1.29, 1.82) is 0 Å². The maximum absolute atomic E-state index is 13.4. The number of carbonyl (C=O) groups is 3. The molecular weight excluding hydrogens is 811 g/mol. The molecule has 0 radical (unpaired) electrons. The third-order valence-electron chi connectivity index (χ3n) is 15.0. The van der Waals surface area contributed by atoms with Gasteiger partial charge in [-0.25, -0.2) is 9.59 Å². The van der Waals surface area contributed by atoms with Gasteiger partial charge in [-0.05, 0) is 170 Å². The highest BCUT2D eigenvalue weighted by atomic mass is 32.2. The van der Waals surface area contributed by atoms with Gasteiger partial charge in [-0.2, -0.15) is 8.78 Å². The van der Waals surface area contributed by atoms with Gasteiger partial charge in [0.2, 0.25) is 0 Å². The van der Waals surface area contributed by atoms with Crippen molar-refractivity contribution in [1.82, 2.24) is 0 Å². The molecule has 8 nitrogen and oxygen atoms in total. The zero-order valence-electron chi connectivity index (χ0n) is 36.8. The number of carbonyl (C=O) groups excluding carboxylic acids is 3. The molecule has 0 amide bonds. The van der Waals surface area contributed by atoms with Crippen LogP contribution in [0.3, 0.4) is 0 Å². The minimum Gasteiger partial charge on any atom is -0.462 e. The van der Waals surface area contributed by atoms with E-state index in [1.54, 1.807) is 0 Å². The number of benzene rings is 3. The van der Waals surface area contributed by atoms with E-state index in [1.165, 1.54) is 37.8 Å². The molecule has 3 aromatic carbocycles. The Hall–Kier alpha value is -3.80. The van der Waals surface area contributed by atoms with Gasteiger partial charge in [-0.3, -0.25) is 4.79 Å². The summed E-state index contributed by atoms with van der Waals surface area (Å²) in [7, 11) is -0.0394. The number of esters is 3. The Balaban J connectivity index is 0.000000203. The van der Waals surface area contributed by atoms with Crippen LogP contribution >= 0.6 is 0 Å². The van der Waals surface area contributed by atoms with E-state index in [4.69, 9.17) is 18.9 Å². The normalized spacial score (nSPS) is 31.9. The summed E-state index contributed by atoms with van der Waals surface area (Å²) < 4.78 is 49.0. The standard InChI is InChI=1S/C30H42F2O8.C21H21S/c1-28(21-6-16-3-17(8-21)9-22(28)7-16)40-24(34)15-37-13-23(33)14-38-27(36)30-10-18-4-19(11-30)25(20(5-18)12-30)39-26(35)29(2,31)32;1-16-4-10-19(11-5-16)22(20-12-6-17(2)7-13-20)21-14-8-18(3)9-15-21/h16-23,25,33H,3-15H2,1-2H3;4-15H,1-3H3/q;+1. The van der Waals surface area contributed by atoms with Gasteiger partial charge in [0, 0.05) is 6.92 Å². The second-order valence-corrected chi connectivity index (χ2v) is 22.0. The lowest BCUT2D eigenvalue weighted by atomic mass is 9.48. The summed E-state index contributed by atoms with van der Waals surface area (Å²) in [5, 5.41) is 10.4. The van der Waals surface area contributed by atoms with Crippen LogP contribution in [-0.2, 0) is 44.2 Å². The predicted molar refractivity (Wildman–Crippen MR) is 232 cm³/mol. The summed E-state index contributed by atoms with van der Waals surface area (Å²) in [5.74, 6) is -3.57. The Morgan fingerprint density at radius 1 is 0.710 bits per heavy atom. The largest absolute Gasteiger partial charge is 0.462 e. The van der Waals surface area contributed by atoms with Crippen molar-refractivity contribution in [2.45, 2.75) is 137 Å². The number of aliphatic hydroxyl groups is 1. The van der Waals surface area contributed by atoms with Gasteiger partial charge in [0.25, 0.3) is 0 Å². The minimum absolute atomic E-state index is 0.0394. The summed E-state index contributed by atoms with van der Waals surface area (Å²) in [6.07, 6.45) is 7.14. The number of hydrogen-bond acceptors (Lipinski definition) is 8. The molecule has 0 aromatic heterocycles. The van der Waals surface area contributed by atoms with E-state index < -0.39 is 47.1 Å². The van der Waals surface area contributed by atoms with Crippen molar-refractivity contribution >= 4 is 28.8 Å². The molecule has 8 aliphatic carbocycles. The van der Waals surface area contributed by atoms with E-state index in [0.717, 1.165) is 50.4 Å². The lowest BCUT2D eigenvalue weighted by Gasteiger charge is -2.59. The molecule has 62 heavy (non-hydrogen) atoms. The van der Waals surface area contributed by atoms with E-state index >= 15 is 0 Å². The lowest BCUT2D eigenvalue weighted by molar-refractivity contribution is -0.210. The monoisotopic (exact) mass is 873 g/mol. The molecule has 3 atom stereocenters. The van der Waals surface area contributed by atoms with Crippen LogP contribution in [0.25, 0.3) is 0 Å². The van der Waals surface area contributed by atoms with Crippen molar-refractivity contribution in [3.63, 3.8) is 0 Å². The molecule has 0 spiro atoms. The summed E-state index contributed by atoms with van der Waals surface area (Å²) in [4.78, 5) is 41.7. The van der Waals surface area contributed by atoms with Crippen LogP contribution in [0.5, 0.6) is 0 Å². The zero-order valence-corrected chi connectivity index (χ0v) is 37.6. The van der Waals surface area contributed by atoms with Crippen LogP contribution < -0.4 is 0 Å². The summed E-state index contributed by atoms with van der Waals surface area (Å²) in [6.45, 7) is 8.33. The van der Waals surface area contributed by atoms with Crippen molar-refractivity contribution < 1.29 is 47.2 Å². The van der Waals surface area contributed by atoms with Gasteiger partial charge in [0.1, 0.15) is 31.0 Å². The molecule has 8 fully saturated rings. The lowest BCUT2D eigenvalue weighted by Crippen LogP contribution is -2.58. The molecule has 334 valence electrons. The molecule has 8 saturated carbocycles. The first-order valence-corrected chi connectivity index (χ1v) is 23.9. The summed E-state index contributed by atoms with van der Waals surface area (Å²) in [5.41, 5.74) is 2.74. The van der Waals surface area contributed by atoms with Gasteiger partial charge >= 0.3 is 23.8 Å². The van der Waals surface area contributed by atoms with Gasteiger partial charge in [0.15, 0.2) is 14.7 Å². The number of aliphatic hydroxyl groups excluding tert-OH is 1. The van der Waals surface area contributed by atoms with Crippen LogP contribution in [0.1, 0.15) is 94.7 Å². The molecule has 11 heteroatoms. The number of halogens is 2. The topological polar surface area (TPSA) is 108 Å². The molecule has 0 heterocycles. The van der Waals surface area contributed by atoms with Crippen LogP contribution in [0.4, 0.5) is 8.78 Å². The molecular formula is C51H63F2O8S+. The maximum atomic E-state index is 13.4. The second-order valence-electron chi connectivity index (χ2n) is 20.0. The van der Waals surface area contributed by atoms with Crippen LogP contribution in [0.15, 0.2) is 87.5 Å². The minimum atomic E-state index is -3.55. The number of aryl methyl sites for hydroxylation is 3. The van der Waals surface area contributed by atoms with Crippen molar-refractivity contribution in [2.24, 2.45) is 46.8 Å². The Kier molecular flexibility index (Phi) is 13.0. The van der Waals surface area contributed by atoms with Gasteiger partial charge in [0.05, 0.1) is 22.9 Å². The smallest absolute Gasteiger partial charge is 0.376 e. The fourth-order valence-electron chi connectivity index (χ4n) is 12.3. The number of ether oxygens (including phenoxy) is 4. The molecule has 1 N–H and O–H groups in total. The average Bonchev–Trinajstić information content (AvgIpc) is 3.22. The van der Waals surface area contributed by atoms with Gasteiger partial charge < -0.3 is 24.1 Å². The molecule has 11 rings (SSSR count). The fourth-order valence-corrected chi connectivity index (χ4v) is 14.3. The zero-order chi connectivity index (χ0) is 44.0. The highest BCUT2D eigenvalue weighted by Gasteiger charge is 2.61.